The zero-order chi connectivity index (χ0) is 9.61. The zero-order valence-corrected chi connectivity index (χ0v) is 9.31. The van der Waals surface area contributed by atoms with Crippen molar-refractivity contribution in [2.24, 2.45) is 11.3 Å². The van der Waals surface area contributed by atoms with Gasteiger partial charge in [0.2, 0.25) is 0 Å². The molecular formula is C11H24O. The van der Waals surface area contributed by atoms with Crippen LogP contribution in [0.15, 0.2) is 0 Å². The largest absolute Gasteiger partial charge is 0.381 e. The summed E-state index contributed by atoms with van der Waals surface area (Å²) in [5, 5.41) is 0. The molecule has 2 atom stereocenters. The van der Waals surface area contributed by atoms with E-state index in [0.717, 1.165) is 24.5 Å². The molecule has 74 valence electrons. The van der Waals surface area contributed by atoms with Crippen LogP contribution in [0.2, 0.25) is 0 Å². The van der Waals surface area contributed by atoms with Crippen LogP contribution in [0.1, 0.15) is 47.5 Å². The molecule has 0 bridgehead atoms. The molecule has 1 saturated heterocycles. The number of fused-ring (bicyclic) bond motifs is 1. The van der Waals surface area contributed by atoms with E-state index in [4.69, 9.17) is 4.74 Å². The maximum absolute atomic E-state index is 5.29. The third-order valence-electron chi connectivity index (χ3n) is 2.67. The van der Waals surface area contributed by atoms with Crippen LogP contribution in [-0.2, 0) is 4.74 Å². The highest BCUT2D eigenvalue weighted by Gasteiger charge is 2.51. The lowest BCUT2D eigenvalue weighted by molar-refractivity contribution is 0.0667. The first-order chi connectivity index (χ1) is 5.81. The lowest BCUT2D eigenvalue weighted by Gasteiger charge is -2.16. The van der Waals surface area contributed by atoms with Crippen LogP contribution in [0.4, 0.5) is 0 Å². The molecule has 12 heavy (non-hydrogen) atoms. The standard InChI is InChI=1S/C7H12O.2C2H6/c1-7-2-3-8-5-6(7)4-7;2*1-2/h6H,2-5H2,1H3;2*1-2H3. The summed E-state index contributed by atoms with van der Waals surface area (Å²) in [6.07, 6.45) is 2.73. The molecule has 0 aromatic heterocycles. The van der Waals surface area contributed by atoms with Crippen LogP contribution < -0.4 is 0 Å². The van der Waals surface area contributed by atoms with E-state index in [0.29, 0.717) is 0 Å². The smallest absolute Gasteiger partial charge is 0.0499 e. The lowest BCUT2D eigenvalue weighted by atomic mass is 10.0. The Hall–Kier alpha value is -0.0400. The van der Waals surface area contributed by atoms with Gasteiger partial charge in [-0.3, -0.25) is 0 Å². The maximum atomic E-state index is 5.29. The van der Waals surface area contributed by atoms with Crippen LogP contribution >= 0.6 is 0 Å². The summed E-state index contributed by atoms with van der Waals surface area (Å²) in [4.78, 5) is 0. The number of ether oxygens (including phenoxy) is 1. The van der Waals surface area contributed by atoms with Crippen LogP contribution in [-0.4, -0.2) is 13.2 Å². The van der Waals surface area contributed by atoms with Gasteiger partial charge < -0.3 is 4.74 Å². The quantitative estimate of drug-likeness (QED) is 0.543. The summed E-state index contributed by atoms with van der Waals surface area (Å²) in [6, 6.07) is 0. The summed E-state index contributed by atoms with van der Waals surface area (Å²) in [5.41, 5.74) is 0.720. The average Bonchev–Trinajstić information content (AvgIpc) is 2.83. The van der Waals surface area contributed by atoms with E-state index in [1.54, 1.807) is 0 Å². The Morgan fingerprint density at radius 2 is 1.75 bits per heavy atom. The van der Waals surface area contributed by atoms with E-state index < -0.39 is 0 Å². The van der Waals surface area contributed by atoms with Gasteiger partial charge in [-0.25, -0.2) is 0 Å². The molecule has 1 heteroatoms. The molecule has 0 N–H and O–H groups in total. The second kappa shape index (κ2) is 5.58. The van der Waals surface area contributed by atoms with Crippen LogP contribution in [0, 0.1) is 11.3 Å². The van der Waals surface area contributed by atoms with E-state index in [1.165, 1.54) is 12.8 Å². The average molecular weight is 172 g/mol. The van der Waals surface area contributed by atoms with Gasteiger partial charge in [-0.1, -0.05) is 34.6 Å². The Morgan fingerprint density at radius 3 is 2.08 bits per heavy atom. The van der Waals surface area contributed by atoms with Crippen molar-refractivity contribution in [1.29, 1.82) is 0 Å². The second-order valence-corrected chi connectivity index (χ2v) is 3.38. The SMILES string of the molecule is CC.CC.CC12CCOCC1C2. The Bertz CT molecular complexity index is 110. The monoisotopic (exact) mass is 172 g/mol. The summed E-state index contributed by atoms with van der Waals surface area (Å²) < 4.78 is 5.29. The first-order valence-corrected chi connectivity index (χ1v) is 5.39. The normalized spacial score (nSPS) is 36.2. The molecule has 0 aromatic rings. The molecule has 1 aliphatic heterocycles. The van der Waals surface area contributed by atoms with Crippen molar-refractivity contribution in [1.82, 2.24) is 0 Å². The Labute approximate surface area is 77.5 Å². The minimum atomic E-state index is 0.720. The highest BCUT2D eigenvalue weighted by atomic mass is 16.5. The molecule has 0 radical (unpaired) electrons. The Morgan fingerprint density at radius 1 is 1.17 bits per heavy atom. The Kier molecular flexibility index (Phi) is 5.56. The van der Waals surface area contributed by atoms with Gasteiger partial charge in [0.1, 0.15) is 0 Å². The van der Waals surface area contributed by atoms with E-state index in [1.807, 2.05) is 27.7 Å². The molecule has 0 aromatic carbocycles. The van der Waals surface area contributed by atoms with Crippen molar-refractivity contribution in [3.8, 4) is 0 Å². The molecule has 2 rings (SSSR count). The van der Waals surface area contributed by atoms with Gasteiger partial charge in [-0.2, -0.15) is 0 Å². The first kappa shape index (κ1) is 12.0. The first-order valence-electron chi connectivity index (χ1n) is 5.39. The molecule has 1 aliphatic carbocycles. The minimum Gasteiger partial charge on any atom is -0.381 e. The third kappa shape index (κ3) is 2.78. The second-order valence-electron chi connectivity index (χ2n) is 3.38. The predicted molar refractivity (Wildman–Crippen MR) is 54.3 cm³/mol. The minimum absolute atomic E-state index is 0.720. The fourth-order valence-corrected chi connectivity index (χ4v) is 1.60. The molecule has 1 saturated carbocycles. The molecule has 2 fully saturated rings. The van der Waals surface area contributed by atoms with Crippen molar-refractivity contribution in [3.63, 3.8) is 0 Å². The summed E-state index contributed by atoms with van der Waals surface area (Å²) >= 11 is 0. The van der Waals surface area contributed by atoms with E-state index in [9.17, 15) is 0 Å². The van der Waals surface area contributed by atoms with Crippen LogP contribution in [0.5, 0.6) is 0 Å². The molecule has 0 spiro atoms. The van der Waals surface area contributed by atoms with E-state index in [2.05, 4.69) is 6.92 Å². The topological polar surface area (TPSA) is 9.23 Å². The van der Waals surface area contributed by atoms with Crippen molar-refractivity contribution >= 4 is 0 Å². The van der Waals surface area contributed by atoms with Gasteiger partial charge in [0.05, 0.1) is 0 Å². The van der Waals surface area contributed by atoms with Gasteiger partial charge in [0.25, 0.3) is 0 Å². The molecule has 0 amide bonds. The molecule has 2 aliphatic rings. The van der Waals surface area contributed by atoms with Gasteiger partial charge in [-0.05, 0) is 24.2 Å². The van der Waals surface area contributed by atoms with Gasteiger partial charge in [0.15, 0.2) is 0 Å². The maximum Gasteiger partial charge on any atom is 0.0499 e. The van der Waals surface area contributed by atoms with E-state index in [-0.39, 0.29) is 0 Å². The molecular weight excluding hydrogens is 148 g/mol. The van der Waals surface area contributed by atoms with Gasteiger partial charge >= 0.3 is 0 Å². The van der Waals surface area contributed by atoms with Crippen LogP contribution in [0.3, 0.4) is 0 Å². The fraction of sp³-hybridized carbons (Fsp3) is 1.00. The summed E-state index contributed by atoms with van der Waals surface area (Å²) in [6.45, 7) is 12.4. The van der Waals surface area contributed by atoms with Gasteiger partial charge in [-0.15, -0.1) is 0 Å². The number of hydrogen-bond acceptors (Lipinski definition) is 1. The third-order valence-corrected chi connectivity index (χ3v) is 2.67. The zero-order valence-electron chi connectivity index (χ0n) is 9.31. The molecule has 1 heterocycles. The van der Waals surface area contributed by atoms with Crippen molar-refractivity contribution < 1.29 is 4.74 Å². The van der Waals surface area contributed by atoms with Crippen molar-refractivity contribution in [3.05, 3.63) is 0 Å². The summed E-state index contributed by atoms with van der Waals surface area (Å²) in [7, 11) is 0. The highest BCUT2D eigenvalue weighted by Crippen LogP contribution is 2.56. The predicted octanol–water partition coefficient (Wildman–Crippen LogP) is 3.49. The van der Waals surface area contributed by atoms with Crippen molar-refractivity contribution in [2.75, 3.05) is 13.2 Å². The summed E-state index contributed by atoms with van der Waals surface area (Å²) in [5.74, 6) is 0.927. The van der Waals surface area contributed by atoms with Gasteiger partial charge in [0, 0.05) is 13.2 Å². The fourth-order valence-electron chi connectivity index (χ4n) is 1.60. The highest BCUT2D eigenvalue weighted by molar-refractivity contribution is 5.00. The lowest BCUT2D eigenvalue weighted by Crippen LogP contribution is -2.14. The number of hydrogen-bond donors (Lipinski definition) is 0. The van der Waals surface area contributed by atoms with E-state index >= 15 is 0 Å². The number of rotatable bonds is 0. The molecule has 2 unspecified atom stereocenters. The molecule has 1 nitrogen and oxygen atoms in total. The van der Waals surface area contributed by atoms with Crippen molar-refractivity contribution in [2.45, 2.75) is 47.5 Å². The Balaban J connectivity index is 0.000000269. The van der Waals surface area contributed by atoms with Crippen LogP contribution in [0.25, 0.3) is 0 Å².